The molecule has 0 aliphatic rings. The molecule has 0 aromatic rings. The molecule has 2 heteroatoms. The predicted molar refractivity (Wildman–Crippen MR) is 49.8 cm³/mol. The van der Waals surface area contributed by atoms with Crippen LogP contribution in [0.3, 0.4) is 0 Å². The molecule has 0 atom stereocenters. The van der Waals surface area contributed by atoms with Gasteiger partial charge in [-0.2, -0.15) is 0 Å². The third kappa shape index (κ3) is 3.21. The van der Waals surface area contributed by atoms with E-state index in [2.05, 4.69) is 13.8 Å². The fourth-order valence-corrected chi connectivity index (χ4v) is 1.25. The van der Waals surface area contributed by atoms with E-state index in [1.54, 1.807) is 0 Å². The Labute approximate surface area is 69.0 Å². The summed E-state index contributed by atoms with van der Waals surface area (Å²) in [4.78, 5) is 0. The quantitative estimate of drug-likeness (QED) is 0.474. The molecule has 0 spiro atoms. The molecular weight excluding hydrogens is 136 g/mol. The van der Waals surface area contributed by atoms with Crippen molar-refractivity contribution >= 4 is 5.84 Å². The molecular formula is C9H18N2. The fourth-order valence-electron chi connectivity index (χ4n) is 1.25. The van der Waals surface area contributed by atoms with E-state index < -0.39 is 0 Å². The standard InChI is InChI=1S/C9H18N2/c1-4-6-7(3)8(5-2)9(10)11/h4-6H2,1-3H3,(H3,10,11)/b8-7-. The molecule has 0 heterocycles. The van der Waals surface area contributed by atoms with Gasteiger partial charge < -0.3 is 5.73 Å². The number of hydrogen-bond acceptors (Lipinski definition) is 1. The van der Waals surface area contributed by atoms with Crippen LogP contribution in [0, 0.1) is 5.41 Å². The van der Waals surface area contributed by atoms with Gasteiger partial charge in [-0.1, -0.05) is 25.8 Å². The van der Waals surface area contributed by atoms with E-state index >= 15 is 0 Å². The van der Waals surface area contributed by atoms with Crippen molar-refractivity contribution in [1.29, 1.82) is 5.41 Å². The highest BCUT2D eigenvalue weighted by molar-refractivity contribution is 5.94. The summed E-state index contributed by atoms with van der Waals surface area (Å²) in [5.74, 6) is 0.235. The second-order valence-corrected chi connectivity index (χ2v) is 2.78. The van der Waals surface area contributed by atoms with Gasteiger partial charge in [-0.25, -0.2) is 0 Å². The number of rotatable bonds is 4. The summed E-state index contributed by atoms with van der Waals surface area (Å²) in [5.41, 5.74) is 7.69. The summed E-state index contributed by atoms with van der Waals surface area (Å²) in [6.45, 7) is 6.23. The Hall–Kier alpha value is -0.790. The van der Waals surface area contributed by atoms with Gasteiger partial charge in [0.1, 0.15) is 5.84 Å². The summed E-state index contributed by atoms with van der Waals surface area (Å²) < 4.78 is 0. The maximum atomic E-state index is 7.28. The maximum Gasteiger partial charge on any atom is 0.118 e. The molecule has 0 aromatic carbocycles. The summed E-state index contributed by atoms with van der Waals surface area (Å²) in [6, 6.07) is 0. The van der Waals surface area contributed by atoms with E-state index in [1.165, 1.54) is 5.57 Å². The predicted octanol–water partition coefficient (Wildman–Crippen LogP) is 2.45. The zero-order chi connectivity index (χ0) is 8.85. The number of amidine groups is 1. The molecule has 0 fully saturated rings. The Bertz CT molecular complexity index is 168. The highest BCUT2D eigenvalue weighted by Crippen LogP contribution is 2.12. The van der Waals surface area contributed by atoms with Crippen LogP contribution in [0.1, 0.15) is 40.0 Å². The van der Waals surface area contributed by atoms with E-state index in [1.807, 2.05) is 6.92 Å². The smallest absolute Gasteiger partial charge is 0.118 e. The first-order valence-electron chi connectivity index (χ1n) is 4.16. The molecule has 3 N–H and O–H groups in total. The number of allylic oxidation sites excluding steroid dienone is 1. The Morgan fingerprint density at radius 1 is 1.36 bits per heavy atom. The van der Waals surface area contributed by atoms with Gasteiger partial charge in [0.25, 0.3) is 0 Å². The van der Waals surface area contributed by atoms with Crippen molar-refractivity contribution in [3.8, 4) is 0 Å². The minimum Gasteiger partial charge on any atom is -0.384 e. The molecule has 0 rings (SSSR count). The molecule has 0 bridgehead atoms. The van der Waals surface area contributed by atoms with Gasteiger partial charge in [-0.3, -0.25) is 5.41 Å². The van der Waals surface area contributed by atoms with Crippen LogP contribution in [0.5, 0.6) is 0 Å². The molecule has 0 unspecified atom stereocenters. The zero-order valence-corrected chi connectivity index (χ0v) is 7.70. The zero-order valence-electron chi connectivity index (χ0n) is 7.70. The van der Waals surface area contributed by atoms with Gasteiger partial charge in [0.05, 0.1) is 0 Å². The van der Waals surface area contributed by atoms with Crippen molar-refractivity contribution in [3.63, 3.8) is 0 Å². The van der Waals surface area contributed by atoms with Crippen LogP contribution >= 0.6 is 0 Å². The number of hydrogen-bond donors (Lipinski definition) is 2. The highest BCUT2D eigenvalue weighted by atomic mass is 14.7. The molecule has 0 amide bonds. The molecule has 0 saturated heterocycles. The minimum absolute atomic E-state index is 0.235. The van der Waals surface area contributed by atoms with Gasteiger partial charge in [0.15, 0.2) is 0 Å². The number of nitrogens with one attached hydrogen (secondary N) is 1. The first-order chi connectivity index (χ1) is 5.13. The van der Waals surface area contributed by atoms with E-state index in [-0.39, 0.29) is 5.84 Å². The van der Waals surface area contributed by atoms with Crippen molar-refractivity contribution in [2.45, 2.75) is 40.0 Å². The van der Waals surface area contributed by atoms with Crippen LogP contribution < -0.4 is 5.73 Å². The van der Waals surface area contributed by atoms with Crippen LogP contribution in [0.4, 0.5) is 0 Å². The summed E-state index contributed by atoms with van der Waals surface area (Å²) >= 11 is 0. The molecule has 0 aliphatic carbocycles. The first kappa shape index (κ1) is 10.2. The number of nitrogens with two attached hydrogens (primary N) is 1. The molecule has 0 aliphatic heterocycles. The van der Waals surface area contributed by atoms with E-state index in [4.69, 9.17) is 11.1 Å². The third-order valence-electron chi connectivity index (χ3n) is 1.82. The largest absolute Gasteiger partial charge is 0.384 e. The lowest BCUT2D eigenvalue weighted by Gasteiger charge is -2.06. The summed E-state index contributed by atoms with van der Waals surface area (Å²) in [7, 11) is 0. The lowest BCUT2D eigenvalue weighted by molar-refractivity contribution is 0.886. The fraction of sp³-hybridized carbons (Fsp3) is 0.667. The van der Waals surface area contributed by atoms with Gasteiger partial charge in [0.2, 0.25) is 0 Å². The normalized spacial score (nSPS) is 12.6. The topological polar surface area (TPSA) is 49.9 Å². The monoisotopic (exact) mass is 154 g/mol. The SMILES string of the molecule is CCC/C(C)=C(/CC)C(=N)N. The van der Waals surface area contributed by atoms with Gasteiger partial charge in [-0.05, 0) is 25.3 Å². The minimum atomic E-state index is 0.235. The van der Waals surface area contributed by atoms with Crippen LogP contribution in [0.15, 0.2) is 11.1 Å². The van der Waals surface area contributed by atoms with Crippen LogP contribution in [0.25, 0.3) is 0 Å². The average molecular weight is 154 g/mol. The van der Waals surface area contributed by atoms with Crippen molar-refractivity contribution in [3.05, 3.63) is 11.1 Å². The van der Waals surface area contributed by atoms with Gasteiger partial charge in [0, 0.05) is 0 Å². The van der Waals surface area contributed by atoms with E-state index in [0.29, 0.717) is 0 Å². The van der Waals surface area contributed by atoms with E-state index in [9.17, 15) is 0 Å². The highest BCUT2D eigenvalue weighted by Gasteiger charge is 2.01. The Morgan fingerprint density at radius 2 is 1.91 bits per heavy atom. The molecule has 0 saturated carbocycles. The molecule has 0 radical (unpaired) electrons. The Morgan fingerprint density at radius 3 is 2.18 bits per heavy atom. The maximum absolute atomic E-state index is 7.28. The van der Waals surface area contributed by atoms with Crippen molar-refractivity contribution in [2.75, 3.05) is 0 Å². The lowest BCUT2D eigenvalue weighted by atomic mass is 10.0. The average Bonchev–Trinajstić information content (AvgIpc) is 1.88. The summed E-state index contributed by atoms with van der Waals surface area (Å²) in [6.07, 6.45) is 3.06. The third-order valence-corrected chi connectivity index (χ3v) is 1.82. The van der Waals surface area contributed by atoms with Gasteiger partial charge in [-0.15, -0.1) is 0 Å². The van der Waals surface area contributed by atoms with Gasteiger partial charge >= 0.3 is 0 Å². The van der Waals surface area contributed by atoms with Crippen molar-refractivity contribution in [1.82, 2.24) is 0 Å². The Kier molecular flexibility index (Phi) is 4.59. The second kappa shape index (κ2) is 4.94. The molecule has 64 valence electrons. The van der Waals surface area contributed by atoms with Crippen LogP contribution in [-0.4, -0.2) is 5.84 Å². The molecule has 0 aromatic heterocycles. The van der Waals surface area contributed by atoms with Crippen molar-refractivity contribution in [2.24, 2.45) is 5.73 Å². The Balaban J connectivity index is 4.40. The van der Waals surface area contributed by atoms with Crippen LogP contribution in [0.2, 0.25) is 0 Å². The first-order valence-corrected chi connectivity index (χ1v) is 4.16. The summed E-state index contributed by atoms with van der Waals surface area (Å²) in [5, 5.41) is 7.28. The second-order valence-electron chi connectivity index (χ2n) is 2.78. The molecule has 11 heavy (non-hydrogen) atoms. The molecule has 2 nitrogen and oxygen atoms in total. The van der Waals surface area contributed by atoms with Crippen molar-refractivity contribution < 1.29 is 0 Å². The lowest BCUT2D eigenvalue weighted by Crippen LogP contribution is -2.13. The van der Waals surface area contributed by atoms with E-state index in [0.717, 1.165) is 24.8 Å². The van der Waals surface area contributed by atoms with Crippen LogP contribution in [-0.2, 0) is 0 Å².